The van der Waals surface area contributed by atoms with Crippen molar-refractivity contribution in [1.29, 1.82) is 0 Å². The van der Waals surface area contributed by atoms with Crippen molar-refractivity contribution in [1.82, 2.24) is 4.90 Å². The summed E-state index contributed by atoms with van der Waals surface area (Å²) < 4.78 is 0.112. The van der Waals surface area contributed by atoms with Gasteiger partial charge in [-0.1, -0.05) is 19.9 Å². The van der Waals surface area contributed by atoms with E-state index in [9.17, 15) is 19.7 Å². The highest BCUT2D eigenvalue weighted by Gasteiger charge is 2.36. The summed E-state index contributed by atoms with van der Waals surface area (Å²) in [7, 11) is 0. The Bertz CT molecular complexity index is 615. The molecular weight excluding hydrogens is 340 g/mol. The van der Waals surface area contributed by atoms with Gasteiger partial charge in [0.15, 0.2) is 0 Å². The Kier molecular flexibility index (Phi) is 4.41. The molecule has 21 heavy (non-hydrogen) atoms. The number of halogens is 1. The summed E-state index contributed by atoms with van der Waals surface area (Å²) in [6.07, 6.45) is 0.343. The van der Waals surface area contributed by atoms with E-state index in [1.165, 1.54) is 23.1 Å². The summed E-state index contributed by atoms with van der Waals surface area (Å²) in [6.45, 7) is 4.38. The number of nitro groups is 1. The maximum absolute atomic E-state index is 12.5. The molecule has 1 heterocycles. The largest absolute Gasteiger partial charge is 0.284 e. The van der Waals surface area contributed by atoms with E-state index in [1.54, 1.807) is 0 Å². The van der Waals surface area contributed by atoms with E-state index < -0.39 is 10.8 Å². The molecule has 112 valence electrons. The van der Waals surface area contributed by atoms with Crippen LogP contribution in [-0.2, 0) is 4.79 Å². The van der Waals surface area contributed by atoms with Gasteiger partial charge < -0.3 is 0 Å². The first kappa shape index (κ1) is 15.6. The number of nitrogens with zero attached hydrogens (tertiary/aromatic N) is 2. The van der Waals surface area contributed by atoms with Crippen LogP contribution in [0.4, 0.5) is 5.69 Å². The predicted octanol–water partition coefficient (Wildman–Crippen LogP) is 3.00. The molecule has 6 nitrogen and oxygen atoms in total. The maximum atomic E-state index is 12.5. The number of likely N-dealkylation sites (tertiary alicyclic amines) is 1. The average molecular weight is 355 g/mol. The van der Waals surface area contributed by atoms with Crippen LogP contribution in [0.3, 0.4) is 0 Å². The summed E-state index contributed by atoms with van der Waals surface area (Å²) in [6, 6.07) is 4.23. The zero-order chi connectivity index (χ0) is 15.7. The van der Waals surface area contributed by atoms with Gasteiger partial charge in [0.05, 0.1) is 10.5 Å². The van der Waals surface area contributed by atoms with Gasteiger partial charge in [0, 0.05) is 19.0 Å². The fourth-order valence-corrected chi connectivity index (χ4v) is 2.93. The monoisotopic (exact) mass is 354 g/mol. The van der Waals surface area contributed by atoms with E-state index >= 15 is 0 Å². The third-order valence-corrected chi connectivity index (χ3v) is 4.58. The van der Waals surface area contributed by atoms with Crippen molar-refractivity contribution in [3.63, 3.8) is 0 Å². The molecule has 2 rings (SSSR count). The molecule has 1 aromatic carbocycles. The fourth-order valence-electron chi connectivity index (χ4n) is 2.35. The number of rotatable bonds is 3. The zero-order valence-electron chi connectivity index (χ0n) is 11.7. The number of benzene rings is 1. The smallest absolute Gasteiger partial charge is 0.278 e. The number of amides is 2. The van der Waals surface area contributed by atoms with Crippen LogP contribution in [0, 0.1) is 22.0 Å². The van der Waals surface area contributed by atoms with Crippen molar-refractivity contribution in [2.45, 2.75) is 20.3 Å². The quantitative estimate of drug-likeness (QED) is 0.474. The van der Waals surface area contributed by atoms with Crippen LogP contribution in [-0.4, -0.2) is 28.2 Å². The summed E-state index contributed by atoms with van der Waals surface area (Å²) in [5.74, 6) is -0.268. The zero-order valence-corrected chi connectivity index (χ0v) is 13.3. The fraction of sp³-hybridized carbons (Fsp3) is 0.429. The normalized spacial score (nSPS) is 18.4. The molecule has 0 spiro atoms. The average Bonchev–Trinajstić information content (AvgIpc) is 2.80. The van der Waals surface area contributed by atoms with Gasteiger partial charge in [-0.05, 0) is 33.8 Å². The molecule has 2 amide bonds. The summed E-state index contributed by atoms with van der Waals surface area (Å²) in [5.41, 5.74) is -0.0464. The van der Waals surface area contributed by atoms with E-state index in [4.69, 9.17) is 0 Å². The second-order valence-corrected chi connectivity index (χ2v) is 6.21. The van der Waals surface area contributed by atoms with Gasteiger partial charge in [-0.3, -0.25) is 24.6 Å². The van der Waals surface area contributed by atoms with Gasteiger partial charge in [-0.15, -0.1) is 0 Å². The Morgan fingerprint density at radius 1 is 1.48 bits per heavy atom. The minimum absolute atomic E-state index is 0.112. The van der Waals surface area contributed by atoms with Crippen LogP contribution in [0.5, 0.6) is 0 Å². The molecule has 7 heteroatoms. The van der Waals surface area contributed by atoms with Crippen LogP contribution in [0.2, 0.25) is 0 Å². The Hall–Kier alpha value is -1.76. The highest BCUT2D eigenvalue weighted by Crippen LogP contribution is 2.31. The van der Waals surface area contributed by atoms with Crippen LogP contribution in [0.1, 0.15) is 30.6 Å². The van der Waals surface area contributed by atoms with Crippen molar-refractivity contribution in [3.05, 3.63) is 38.3 Å². The van der Waals surface area contributed by atoms with Gasteiger partial charge in [0.25, 0.3) is 11.6 Å². The van der Waals surface area contributed by atoms with E-state index in [1.807, 2.05) is 13.8 Å². The second-order valence-electron chi connectivity index (χ2n) is 5.41. The van der Waals surface area contributed by atoms with Crippen LogP contribution < -0.4 is 0 Å². The predicted molar refractivity (Wildman–Crippen MR) is 79.8 cm³/mol. The third-order valence-electron chi connectivity index (χ3n) is 3.75. The molecule has 1 fully saturated rings. The minimum atomic E-state index is -0.566. The third kappa shape index (κ3) is 2.97. The lowest BCUT2D eigenvalue weighted by Gasteiger charge is -2.17. The van der Waals surface area contributed by atoms with Crippen molar-refractivity contribution < 1.29 is 14.5 Å². The van der Waals surface area contributed by atoms with Gasteiger partial charge in [0.1, 0.15) is 4.47 Å². The molecule has 1 unspecified atom stereocenters. The number of hydrogen-bond acceptors (Lipinski definition) is 4. The first-order chi connectivity index (χ1) is 9.82. The Balaban J connectivity index is 2.31. The van der Waals surface area contributed by atoms with Crippen molar-refractivity contribution in [2.24, 2.45) is 11.8 Å². The van der Waals surface area contributed by atoms with Gasteiger partial charge >= 0.3 is 0 Å². The molecule has 1 saturated heterocycles. The summed E-state index contributed by atoms with van der Waals surface area (Å²) >= 11 is 3.09. The van der Waals surface area contributed by atoms with Gasteiger partial charge in [-0.2, -0.15) is 0 Å². The maximum Gasteiger partial charge on any atom is 0.284 e. The highest BCUT2D eigenvalue weighted by atomic mass is 79.9. The second kappa shape index (κ2) is 5.93. The Morgan fingerprint density at radius 3 is 2.67 bits per heavy atom. The molecule has 0 aromatic heterocycles. The lowest BCUT2D eigenvalue weighted by Crippen LogP contribution is -2.33. The SMILES string of the molecule is CC(C)C1CC(=O)N(C(=O)c2cccc([N+](=O)[O-])c2Br)C1. The van der Waals surface area contributed by atoms with Crippen LogP contribution in [0.25, 0.3) is 0 Å². The van der Waals surface area contributed by atoms with E-state index in [2.05, 4.69) is 15.9 Å². The Morgan fingerprint density at radius 2 is 2.14 bits per heavy atom. The molecule has 1 aliphatic heterocycles. The van der Waals surface area contributed by atoms with Crippen molar-refractivity contribution in [2.75, 3.05) is 6.54 Å². The van der Waals surface area contributed by atoms with Gasteiger partial charge in [0.2, 0.25) is 5.91 Å². The standard InChI is InChI=1S/C14H15BrN2O4/c1-8(2)9-6-12(18)16(7-9)14(19)10-4-3-5-11(13(10)15)17(20)21/h3-5,8-9H,6-7H2,1-2H3. The van der Waals surface area contributed by atoms with E-state index in [0.29, 0.717) is 18.9 Å². The minimum Gasteiger partial charge on any atom is -0.278 e. The van der Waals surface area contributed by atoms with Crippen molar-refractivity contribution >= 4 is 33.4 Å². The molecule has 1 aromatic rings. The van der Waals surface area contributed by atoms with E-state index in [0.717, 1.165) is 0 Å². The van der Waals surface area contributed by atoms with Crippen LogP contribution >= 0.6 is 15.9 Å². The number of hydrogen-bond donors (Lipinski definition) is 0. The molecular formula is C14H15BrN2O4. The number of nitro benzene ring substituents is 1. The van der Waals surface area contributed by atoms with Crippen molar-refractivity contribution in [3.8, 4) is 0 Å². The lowest BCUT2D eigenvalue weighted by atomic mass is 9.95. The molecule has 0 bridgehead atoms. The molecule has 0 N–H and O–H groups in total. The number of imide groups is 1. The number of carbonyl (C=O) groups is 2. The highest BCUT2D eigenvalue weighted by molar-refractivity contribution is 9.10. The Labute approximate surface area is 130 Å². The van der Waals surface area contributed by atoms with Gasteiger partial charge in [-0.25, -0.2) is 0 Å². The van der Waals surface area contributed by atoms with E-state index in [-0.39, 0.29) is 27.5 Å². The molecule has 0 radical (unpaired) electrons. The first-order valence-corrected chi connectivity index (χ1v) is 7.39. The van der Waals surface area contributed by atoms with Crippen LogP contribution in [0.15, 0.2) is 22.7 Å². The first-order valence-electron chi connectivity index (χ1n) is 6.60. The number of carbonyl (C=O) groups excluding carboxylic acids is 2. The topological polar surface area (TPSA) is 80.5 Å². The summed E-state index contributed by atoms with van der Waals surface area (Å²) in [4.78, 5) is 36.0. The summed E-state index contributed by atoms with van der Waals surface area (Å²) in [5, 5.41) is 10.9. The lowest BCUT2D eigenvalue weighted by molar-refractivity contribution is -0.385. The molecule has 0 aliphatic carbocycles. The molecule has 1 atom stereocenters. The molecule has 0 saturated carbocycles. The molecule has 1 aliphatic rings.